The fourth-order valence-corrected chi connectivity index (χ4v) is 2.46. The summed E-state index contributed by atoms with van der Waals surface area (Å²) in [5, 5.41) is 4.10. The van der Waals surface area contributed by atoms with E-state index in [-0.39, 0.29) is 0 Å². The van der Waals surface area contributed by atoms with Gasteiger partial charge in [0, 0.05) is 6.54 Å². The van der Waals surface area contributed by atoms with E-state index < -0.39 is 0 Å². The molecule has 0 atom stereocenters. The molecule has 3 aromatic rings. The van der Waals surface area contributed by atoms with Gasteiger partial charge in [0.15, 0.2) is 0 Å². The van der Waals surface area contributed by atoms with Crippen molar-refractivity contribution in [2.75, 3.05) is 6.61 Å². The van der Waals surface area contributed by atoms with Crippen molar-refractivity contribution in [1.82, 2.24) is 14.8 Å². The van der Waals surface area contributed by atoms with Crippen molar-refractivity contribution in [3.8, 4) is 5.75 Å². The number of ether oxygens (including phenoxy) is 1. The van der Waals surface area contributed by atoms with Gasteiger partial charge in [-0.25, -0.2) is 4.98 Å². The molecule has 3 rings (SSSR count). The molecule has 0 N–H and O–H groups in total. The molecule has 0 unspecified atom stereocenters. The molecule has 0 radical (unpaired) electrons. The summed E-state index contributed by atoms with van der Waals surface area (Å²) < 4.78 is 7.65. The summed E-state index contributed by atoms with van der Waals surface area (Å²) in [6, 6.07) is 18.8. The van der Waals surface area contributed by atoms with Crippen LogP contribution in [0.25, 0.3) is 0 Å². The number of hydrogen-bond acceptors (Lipinski definition) is 3. The second-order valence-electron chi connectivity index (χ2n) is 5.49. The Kier molecular flexibility index (Phi) is 5.40. The molecule has 0 amide bonds. The molecule has 0 bridgehead atoms. The zero-order valence-corrected chi connectivity index (χ0v) is 13.1. The van der Waals surface area contributed by atoms with Crippen molar-refractivity contribution in [1.29, 1.82) is 0 Å². The molecular formula is C19H21N3O. The first-order chi connectivity index (χ1) is 11.4. The third kappa shape index (κ3) is 4.95. The maximum absolute atomic E-state index is 5.81. The molecular weight excluding hydrogens is 286 g/mol. The van der Waals surface area contributed by atoms with Gasteiger partial charge in [-0.2, -0.15) is 5.10 Å². The Bertz CT molecular complexity index is 678. The number of aromatic nitrogens is 3. The summed E-state index contributed by atoms with van der Waals surface area (Å²) in [7, 11) is 0. The highest BCUT2D eigenvalue weighted by Crippen LogP contribution is 2.13. The van der Waals surface area contributed by atoms with Crippen LogP contribution in [-0.4, -0.2) is 21.4 Å². The molecule has 118 valence electrons. The van der Waals surface area contributed by atoms with Crippen LogP contribution in [0.15, 0.2) is 67.3 Å². The predicted molar refractivity (Wildman–Crippen MR) is 90.4 cm³/mol. The predicted octanol–water partition coefficient (Wildman–Crippen LogP) is 3.53. The zero-order chi connectivity index (χ0) is 15.7. The summed E-state index contributed by atoms with van der Waals surface area (Å²) in [6.45, 7) is 1.59. The monoisotopic (exact) mass is 307 g/mol. The summed E-state index contributed by atoms with van der Waals surface area (Å²) in [4.78, 5) is 3.94. The molecule has 2 aromatic carbocycles. The van der Waals surface area contributed by atoms with Crippen LogP contribution in [0.2, 0.25) is 0 Å². The van der Waals surface area contributed by atoms with Crippen LogP contribution in [-0.2, 0) is 19.4 Å². The van der Waals surface area contributed by atoms with Crippen LogP contribution >= 0.6 is 0 Å². The van der Waals surface area contributed by atoms with Crippen LogP contribution in [0.4, 0.5) is 0 Å². The number of aryl methyl sites for hydroxylation is 3. The molecule has 4 heteroatoms. The summed E-state index contributed by atoms with van der Waals surface area (Å²) in [6.07, 6.45) is 6.32. The number of hydrogen-bond donors (Lipinski definition) is 0. The average molecular weight is 307 g/mol. The van der Waals surface area contributed by atoms with Crippen molar-refractivity contribution in [3.63, 3.8) is 0 Å². The molecule has 0 aliphatic heterocycles. The topological polar surface area (TPSA) is 39.9 Å². The Labute approximate surface area is 136 Å². The Morgan fingerprint density at radius 3 is 2.39 bits per heavy atom. The number of nitrogens with zero attached hydrogens (tertiary/aromatic N) is 3. The van der Waals surface area contributed by atoms with Crippen LogP contribution < -0.4 is 4.74 Å². The average Bonchev–Trinajstić information content (AvgIpc) is 3.12. The second-order valence-corrected chi connectivity index (χ2v) is 5.49. The van der Waals surface area contributed by atoms with E-state index in [1.54, 1.807) is 12.7 Å². The fraction of sp³-hybridized carbons (Fsp3) is 0.263. The lowest BCUT2D eigenvalue weighted by Crippen LogP contribution is -2.02. The van der Waals surface area contributed by atoms with E-state index >= 15 is 0 Å². The van der Waals surface area contributed by atoms with Gasteiger partial charge < -0.3 is 4.74 Å². The van der Waals surface area contributed by atoms with E-state index in [0.29, 0.717) is 0 Å². The van der Waals surface area contributed by atoms with Gasteiger partial charge in [0.1, 0.15) is 18.4 Å². The Hall–Kier alpha value is -2.62. The highest BCUT2D eigenvalue weighted by atomic mass is 16.5. The number of rotatable bonds is 8. The van der Waals surface area contributed by atoms with Crippen LogP contribution in [0.3, 0.4) is 0 Å². The Morgan fingerprint density at radius 2 is 1.65 bits per heavy atom. The summed E-state index contributed by atoms with van der Waals surface area (Å²) >= 11 is 0. The first-order valence-corrected chi connectivity index (χ1v) is 7.98. The molecule has 0 aliphatic rings. The SMILES string of the molecule is c1ccc(CCCOc2ccc(CCn3cncn3)cc2)cc1. The Morgan fingerprint density at radius 1 is 0.870 bits per heavy atom. The minimum atomic E-state index is 0.743. The smallest absolute Gasteiger partial charge is 0.137 e. The van der Waals surface area contributed by atoms with E-state index in [9.17, 15) is 0 Å². The van der Waals surface area contributed by atoms with Crippen molar-refractivity contribution in [2.45, 2.75) is 25.8 Å². The van der Waals surface area contributed by atoms with E-state index in [4.69, 9.17) is 4.74 Å². The largest absolute Gasteiger partial charge is 0.494 e. The fourth-order valence-electron chi connectivity index (χ4n) is 2.46. The molecule has 4 nitrogen and oxygen atoms in total. The van der Waals surface area contributed by atoms with Crippen molar-refractivity contribution in [3.05, 3.63) is 78.4 Å². The van der Waals surface area contributed by atoms with Gasteiger partial charge in [-0.05, 0) is 42.5 Å². The minimum absolute atomic E-state index is 0.743. The molecule has 0 saturated carbocycles. The first kappa shape index (κ1) is 15.3. The lowest BCUT2D eigenvalue weighted by molar-refractivity contribution is 0.311. The van der Waals surface area contributed by atoms with Crippen molar-refractivity contribution in [2.24, 2.45) is 0 Å². The molecule has 1 aromatic heterocycles. The quantitative estimate of drug-likeness (QED) is 0.598. The van der Waals surface area contributed by atoms with Crippen LogP contribution in [0.5, 0.6) is 5.75 Å². The molecule has 0 saturated heterocycles. The normalized spacial score (nSPS) is 10.6. The standard InChI is InChI=1S/C19H21N3O/c1-2-5-17(6-3-1)7-4-14-23-19-10-8-18(9-11-19)12-13-22-16-20-15-21-22/h1-3,5-6,8-11,15-16H,4,7,12-14H2. The second kappa shape index (κ2) is 8.13. The van der Waals surface area contributed by atoms with Gasteiger partial charge in [0.25, 0.3) is 0 Å². The van der Waals surface area contributed by atoms with Gasteiger partial charge in [-0.3, -0.25) is 4.68 Å². The first-order valence-electron chi connectivity index (χ1n) is 7.98. The van der Waals surface area contributed by atoms with E-state index in [0.717, 1.165) is 38.2 Å². The van der Waals surface area contributed by atoms with Crippen molar-refractivity contribution >= 4 is 0 Å². The van der Waals surface area contributed by atoms with Gasteiger partial charge >= 0.3 is 0 Å². The third-order valence-corrected chi connectivity index (χ3v) is 3.74. The Balaban J connectivity index is 1.39. The lowest BCUT2D eigenvalue weighted by atomic mass is 10.1. The zero-order valence-electron chi connectivity index (χ0n) is 13.1. The molecule has 1 heterocycles. The minimum Gasteiger partial charge on any atom is -0.494 e. The van der Waals surface area contributed by atoms with E-state index in [1.165, 1.54) is 11.1 Å². The highest BCUT2D eigenvalue weighted by Gasteiger charge is 1.98. The maximum Gasteiger partial charge on any atom is 0.137 e. The van der Waals surface area contributed by atoms with Gasteiger partial charge in [-0.1, -0.05) is 42.5 Å². The van der Waals surface area contributed by atoms with E-state index in [1.807, 2.05) is 22.9 Å². The molecule has 23 heavy (non-hydrogen) atoms. The van der Waals surface area contributed by atoms with Crippen LogP contribution in [0.1, 0.15) is 17.5 Å². The van der Waals surface area contributed by atoms with Crippen molar-refractivity contribution < 1.29 is 4.74 Å². The molecule has 0 spiro atoms. The van der Waals surface area contributed by atoms with Gasteiger partial charge in [0.2, 0.25) is 0 Å². The molecule has 0 fully saturated rings. The highest BCUT2D eigenvalue weighted by molar-refractivity contribution is 5.27. The maximum atomic E-state index is 5.81. The van der Waals surface area contributed by atoms with Gasteiger partial charge in [0.05, 0.1) is 6.61 Å². The summed E-state index contributed by atoms with van der Waals surface area (Å²) in [5.41, 5.74) is 2.64. The molecule has 0 aliphatic carbocycles. The summed E-state index contributed by atoms with van der Waals surface area (Å²) in [5.74, 6) is 0.933. The van der Waals surface area contributed by atoms with E-state index in [2.05, 4.69) is 46.5 Å². The third-order valence-electron chi connectivity index (χ3n) is 3.74. The lowest BCUT2D eigenvalue weighted by Gasteiger charge is -2.07. The van der Waals surface area contributed by atoms with Gasteiger partial charge in [-0.15, -0.1) is 0 Å². The number of benzene rings is 2. The van der Waals surface area contributed by atoms with Crippen LogP contribution in [0, 0.1) is 0 Å².